The van der Waals surface area contributed by atoms with Gasteiger partial charge in [0.05, 0.1) is 0 Å². The van der Waals surface area contributed by atoms with E-state index in [1.54, 1.807) is 0 Å². The molecule has 0 aromatic rings. The minimum absolute atomic E-state index is 0.0876. The van der Waals surface area contributed by atoms with Crippen LogP contribution in [-0.4, -0.2) is 42.2 Å². The van der Waals surface area contributed by atoms with E-state index in [-0.39, 0.29) is 11.8 Å². The Morgan fingerprint density at radius 1 is 0.741 bits per heavy atom. The number of rotatable bonds is 7. The molecule has 0 spiro atoms. The highest BCUT2D eigenvalue weighted by molar-refractivity contribution is 8.08. The molecular formula is C14H26N3O7PS2. The molecule has 4 bridgehead atoms. The van der Waals surface area contributed by atoms with E-state index < -0.39 is 43.7 Å². The largest absolute Gasteiger partial charge is 0.432 e. The smallest absolute Gasteiger partial charge is 0.311 e. The van der Waals surface area contributed by atoms with Gasteiger partial charge in [-0.2, -0.15) is 26.3 Å². The number of fused-ring (bicyclic) bond motifs is 4. The second kappa shape index (κ2) is 6.73. The van der Waals surface area contributed by atoms with Crippen LogP contribution in [0.2, 0.25) is 0 Å². The van der Waals surface area contributed by atoms with E-state index >= 15 is 0 Å². The Morgan fingerprint density at radius 2 is 1.15 bits per heavy atom. The maximum Gasteiger partial charge on any atom is 0.432 e. The van der Waals surface area contributed by atoms with Gasteiger partial charge in [-0.3, -0.25) is 0 Å². The second-order valence-corrected chi connectivity index (χ2v) is 13.8. The first kappa shape index (κ1) is 20.2. The molecule has 4 N–H and O–H groups in total. The lowest BCUT2D eigenvalue weighted by atomic mass is 9.96. The molecular weight excluding hydrogens is 417 g/mol. The summed E-state index contributed by atoms with van der Waals surface area (Å²) in [5.74, 6) is 0.944. The summed E-state index contributed by atoms with van der Waals surface area (Å²) in [6.07, 6.45) is 6.55. The zero-order valence-corrected chi connectivity index (χ0v) is 17.3. The molecule has 27 heavy (non-hydrogen) atoms. The third-order valence-corrected chi connectivity index (χ3v) is 12.9. The lowest BCUT2D eigenvalue weighted by Crippen LogP contribution is -2.53. The van der Waals surface area contributed by atoms with E-state index in [1.807, 2.05) is 0 Å². The molecule has 0 unspecified atom stereocenters. The average molecular weight is 443 g/mol. The van der Waals surface area contributed by atoms with Gasteiger partial charge in [0.15, 0.2) is 0 Å². The fourth-order valence-electron chi connectivity index (χ4n) is 5.66. The summed E-state index contributed by atoms with van der Waals surface area (Å²) in [5.41, 5.74) is 0. The van der Waals surface area contributed by atoms with Gasteiger partial charge in [0.1, 0.15) is 0 Å². The van der Waals surface area contributed by atoms with Crippen LogP contribution in [0.15, 0.2) is 0 Å². The molecule has 0 aliphatic heterocycles. The van der Waals surface area contributed by atoms with Gasteiger partial charge in [0.25, 0.3) is 0 Å². The van der Waals surface area contributed by atoms with Crippen LogP contribution < -0.4 is 9.44 Å². The van der Waals surface area contributed by atoms with E-state index in [0.29, 0.717) is 24.7 Å². The zero-order chi connectivity index (χ0) is 19.6. The van der Waals surface area contributed by atoms with Crippen molar-refractivity contribution >= 4 is 28.2 Å². The Bertz CT molecular complexity index is 798. The highest BCUT2D eigenvalue weighted by Crippen LogP contribution is 2.49. The zero-order valence-electron chi connectivity index (χ0n) is 14.8. The van der Waals surface area contributed by atoms with Crippen LogP contribution in [0.5, 0.6) is 0 Å². The summed E-state index contributed by atoms with van der Waals surface area (Å²) in [5, 5.41) is 0. The van der Waals surface area contributed by atoms with Gasteiger partial charge in [-0.25, -0.2) is 4.57 Å². The predicted octanol–water partition coefficient (Wildman–Crippen LogP) is 0.427. The van der Waals surface area contributed by atoms with Gasteiger partial charge in [0.2, 0.25) is 0 Å². The maximum absolute atomic E-state index is 12.7. The van der Waals surface area contributed by atoms with Gasteiger partial charge in [-0.05, 0) is 62.2 Å². The van der Waals surface area contributed by atoms with Crippen LogP contribution in [-0.2, 0) is 25.0 Å². The van der Waals surface area contributed by atoms with Crippen molar-refractivity contribution < 1.29 is 31.2 Å². The molecule has 0 saturated heterocycles. The molecule has 0 radical (unpaired) electrons. The first-order valence-corrected chi connectivity index (χ1v) is 13.8. The monoisotopic (exact) mass is 443 g/mol. The first-order chi connectivity index (χ1) is 12.5. The van der Waals surface area contributed by atoms with Crippen molar-refractivity contribution in [2.75, 3.05) is 0 Å². The molecule has 0 amide bonds. The number of nitrogens with one attached hydrogen (secondary N) is 2. The predicted molar refractivity (Wildman–Crippen MR) is 96.5 cm³/mol. The maximum atomic E-state index is 12.7. The fourth-order valence-corrected chi connectivity index (χ4v) is 11.0. The van der Waals surface area contributed by atoms with Gasteiger partial charge in [-0.1, -0.05) is 12.8 Å². The Morgan fingerprint density at radius 3 is 1.41 bits per heavy atom. The third kappa shape index (κ3) is 3.87. The number of hydrogen-bond donors (Lipinski definition) is 4. The minimum atomic E-state index is -5.63. The summed E-state index contributed by atoms with van der Waals surface area (Å²) in [6.45, 7) is 0. The normalized spacial score (nSPS) is 38.9. The molecule has 4 rings (SSSR count). The van der Waals surface area contributed by atoms with Crippen LogP contribution in [0.4, 0.5) is 0 Å². The Balaban J connectivity index is 1.55. The molecule has 0 aromatic heterocycles. The van der Waals surface area contributed by atoms with Crippen LogP contribution >= 0.6 is 7.75 Å². The summed E-state index contributed by atoms with van der Waals surface area (Å²) in [6, 6.07) is -0.971. The SMILES string of the molecule is O=P(O)(O)N(S(=O)(=O)N[C@H]1C[C@H]2CC[C@@H]1C2)S(=O)(=O)N[C@@H]1C[C@@H]2CC[C@H]1C2. The molecule has 4 fully saturated rings. The lowest BCUT2D eigenvalue weighted by Gasteiger charge is -2.30. The fraction of sp³-hybridized carbons (Fsp3) is 1.00. The Hall–Kier alpha value is -0.0700. The van der Waals surface area contributed by atoms with Crippen molar-refractivity contribution in [3.05, 3.63) is 0 Å². The van der Waals surface area contributed by atoms with E-state index in [2.05, 4.69) is 9.44 Å². The van der Waals surface area contributed by atoms with Crippen molar-refractivity contribution in [2.45, 2.75) is 63.5 Å². The van der Waals surface area contributed by atoms with Crippen molar-refractivity contribution in [1.82, 2.24) is 12.9 Å². The van der Waals surface area contributed by atoms with Crippen molar-refractivity contribution in [2.24, 2.45) is 23.7 Å². The van der Waals surface area contributed by atoms with E-state index in [0.717, 1.165) is 38.5 Å². The molecule has 4 aliphatic carbocycles. The standard InChI is InChI=1S/C14H26N3O7PS2/c18-25(19,20)17(26(21,22)15-13-7-9-1-3-11(13)5-9)27(23,24)16-14-8-10-2-4-12(14)6-10/h9-16H,1-8H2,(H2,18,19,20)/t9-,10+,11+,12-,13-,14+. The third-order valence-electron chi connectivity index (χ3n) is 6.70. The highest BCUT2D eigenvalue weighted by atomic mass is 32.3. The van der Waals surface area contributed by atoms with Crippen molar-refractivity contribution in [3.8, 4) is 0 Å². The number of hydrogen-bond acceptors (Lipinski definition) is 5. The van der Waals surface area contributed by atoms with Crippen LogP contribution in [0.25, 0.3) is 0 Å². The highest BCUT2D eigenvalue weighted by Gasteiger charge is 2.52. The number of nitrogens with zero attached hydrogens (tertiary/aromatic N) is 1. The molecule has 4 saturated carbocycles. The van der Waals surface area contributed by atoms with Crippen LogP contribution in [0.3, 0.4) is 0 Å². The average Bonchev–Trinajstić information content (AvgIpc) is 3.23. The van der Waals surface area contributed by atoms with E-state index in [1.165, 1.54) is 0 Å². The molecule has 6 atom stereocenters. The quantitative estimate of drug-likeness (QED) is 0.416. The minimum Gasteiger partial charge on any atom is -0.311 e. The molecule has 13 heteroatoms. The van der Waals surface area contributed by atoms with Gasteiger partial charge in [-0.15, -0.1) is 0 Å². The molecule has 4 aliphatic rings. The molecule has 0 aromatic carbocycles. The van der Waals surface area contributed by atoms with Crippen molar-refractivity contribution in [3.63, 3.8) is 0 Å². The summed E-state index contributed by atoms with van der Waals surface area (Å²) >= 11 is 0. The lowest BCUT2D eigenvalue weighted by molar-refractivity contribution is 0.336. The van der Waals surface area contributed by atoms with Gasteiger partial charge in [0, 0.05) is 15.6 Å². The topological polar surface area (TPSA) is 153 Å². The van der Waals surface area contributed by atoms with Crippen LogP contribution in [0.1, 0.15) is 51.4 Å². The van der Waals surface area contributed by atoms with Gasteiger partial charge >= 0.3 is 28.2 Å². The van der Waals surface area contributed by atoms with Gasteiger partial charge < -0.3 is 9.79 Å². The summed E-state index contributed by atoms with van der Waals surface area (Å²) in [7, 11) is -15.5. The molecule has 10 nitrogen and oxygen atoms in total. The van der Waals surface area contributed by atoms with E-state index in [9.17, 15) is 31.2 Å². The van der Waals surface area contributed by atoms with E-state index in [4.69, 9.17) is 0 Å². The Labute approximate surface area is 159 Å². The second-order valence-electron chi connectivity index (χ2n) is 8.50. The van der Waals surface area contributed by atoms with Crippen molar-refractivity contribution in [1.29, 1.82) is 0 Å². The summed E-state index contributed by atoms with van der Waals surface area (Å²) in [4.78, 5) is 19.1. The first-order valence-electron chi connectivity index (χ1n) is 9.37. The summed E-state index contributed by atoms with van der Waals surface area (Å²) < 4.78 is 66.5. The Kier molecular flexibility index (Phi) is 5.04. The van der Waals surface area contributed by atoms with Crippen LogP contribution in [0, 0.1) is 23.7 Å². The molecule has 0 heterocycles. The molecule has 156 valence electrons.